The second-order valence-corrected chi connectivity index (χ2v) is 10.4. The van der Waals surface area contributed by atoms with E-state index < -0.39 is 5.60 Å². The summed E-state index contributed by atoms with van der Waals surface area (Å²) >= 11 is 6.32. The van der Waals surface area contributed by atoms with Crippen LogP contribution in [0.3, 0.4) is 0 Å². The topological polar surface area (TPSA) is 26.7 Å². The van der Waals surface area contributed by atoms with E-state index in [4.69, 9.17) is 11.6 Å². The Balaban J connectivity index is 0.00000210. The van der Waals surface area contributed by atoms with Crippen molar-refractivity contribution in [2.75, 3.05) is 39.8 Å². The summed E-state index contributed by atoms with van der Waals surface area (Å²) in [6.45, 7) is 12.3. The van der Waals surface area contributed by atoms with Crippen molar-refractivity contribution < 1.29 is 5.11 Å². The highest BCUT2D eigenvalue weighted by atomic mass is 35.5. The zero-order valence-electron chi connectivity index (χ0n) is 18.4. The van der Waals surface area contributed by atoms with E-state index in [0.29, 0.717) is 11.3 Å². The molecule has 29 heavy (non-hydrogen) atoms. The molecule has 0 bridgehead atoms. The van der Waals surface area contributed by atoms with Crippen molar-refractivity contribution in [2.45, 2.75) is 58.0 Å². The SMILES string of the molecule is CN1CCN(CC(c2cccc(Cl)c2)C2(O)CCC(C(C)(C)C)CC2)CC1.Cl.Cl. The molecule has 1 aliphatic heterocycles. The molecule has 0 amide bonds. The first kappa shape index (κ1) is 27.0. The van der Waals surface area contributed by atoms with Crippen LogP contribution in [0.4, 0.5) is 0 Å². The van der Waals surface area contributed by atoms with Gasteiger partial charge in [-0.05, 0) is 61.8 Å². The molecule has 2 fully saturated rings. The van der Waals surface area contributed by atoms with E-state index in [1.807, 2.05) is 12.1 Å². The fourth-order valence-corrected chi connectivity index (χ4v) is 5.13. The molecule has 1 saturated heterocycles. The Kier molecular flexibility index (Phi) is 10.3. The lowest BCUT2D eigenvalue weighted by Gasteiger charge is -2.47. The minimum Gasteiger partial charge on any atom is -0.389 e. The zero-order valence-corrected chi connectivity index (χ0v) is 20.8. The molecule has 2 aliphatic rings. The van der Waals surface area contributed by atoms with E-state index in [9.17, 15) is 5.11 Å². The Bertz CT molecular complexity index is 619. The van der Waals surface area contributed by atoms with Crippen LogP contribution in [0.25, 0.3) is 0 Å². The number of hydrogen-bond acceptors (Lipinski definition) is 3. The van der Waals surface area contributed by atoms with Crippen LogP contribution in [-0.4, -0.2) is 60.3 Å². The van der Waals surface area contributed by atoms with E-state index in [2.05, 4.69) is 49.8 Å². The summed E-state index contributed by atoms with van der Waals surface area (Å²) in [4.78, 5) is 4.91. The fraction of sp³-hybridized carbons (Fsp3) is 0.739. The quantitative estimate of drug-likeness (QED) is 0.637. The van der Waals surface area contributed by atoms with Crippen LogP contribution in [0.1, 0.15) is 57.9 Å². The summed E-state index contributed by atoms with van der Waals surface area (Å²) in [5, 5.41) is 12.5. The molecule has 3 rings (SSSR count). The summed E-state index contributed by atoms with van der Waals surface area (Å²) in [6.07, 6.45) is 4.00. The molecule has 0 aromatic heterocycles. The largest absolute Gasteiger partial charge is 0.389 e. The molecule has 0 radical (unpaired) electrons. The fourth-order valence-electron chi connectivity index (χ4n) is 4.93. The molecule has 1 N–H and O–H groups in total. The molecule has 1 aliphatic carbocycles. The predicted octanol–water partition coefficient (Wildman–Crippen LogP) is 5.48. The van der Waals surface area contributed by atoms with Gasteiger partial charge in [-0.25, -0.2) is 0 Å². The van der Waals surface area contributed by atoms with Gasteiger partial charge < -0.3 is 14.9 Å². The number of hydrogen-bond donors (Lipinski definition) is 1. The first-order valence-electron chi connectivity index (χ1n) is 10.6. The minimum atomic E-state index is -0.629. The van der Waals surface area contributed by atoms with Gasteiger partial charge in [-0.1, -0.05) is 44.5 Å². The lowest BCUT2D eigenvalue weighted by molar-refractivity contribution is -0.0552. The van der Waals surface area contributed by atoms with Crippen LogP contribution in [0.15, 0.2) is 24.3 Å². The number of aliphatic hydroxyl groups is 1. The van der Waals surface area contributed by atoms with Gasteiger partial charge in [0.2, 0.25) is 0 Å². The number of piperazine rings is 1. The van der Waals surface area contributed by atoms with Gasteiger partial charge in [0.05, 0.1) is 5.60 Å². The molecule has 1 aromatic carbocycles. The molecule has 168 valence electrons. The van der Waals surface area contributed by atoms with Crippen molar-refractivity contribution in [2.24, 2.45) is 11.3 Å². The molecule has 1 atom stereocenters. The van der Waals surface area contributed by atoms with Crippen LogP contribution in [0.2, 0.25) is 5.02 Å². The van der Waals surface area contributed by atoms with Crippen molar-refractivity contribution in [3.05, 3.63) is 34.9 Å². The van der Waals surface area contributed by atoms with Crippen LogP contribution in [0, 0.1) is 11.3 Å². The number of nitrogens with zero attached hydrogens (tertiary/aromatic N) is 2. The monoisotopic (exact) mass is 464 g/mol. The summed E-state index contributed by atoms with van der Waals surface area (Å²) in [5.41, 5.74) is 0.887. The third-order valence-electron chi connectivity index (χ3n) is 7.01. The highest BCUT2D eigenvalue weighted by Crippen LogP contribution is 2.47. The second-order valence-electron chi connectivity index (χ2n) is 9.96. The number of rotatable bonds is 4. The van der Waals surface area contributed by atoms with Gasteiger partial charge in [-0.2, -0.15) is 0 Å². The highest BCUT2D eigenvalue weighted by Gasteiger charge is 2.43. The van der Waals surface area contributed by atoms with Crippen molar-refractivity contribution in [1.29, 1.82) is 0 Å². The average molecular weight is 466 g/mol. The normalized spacial score (nSPS) is 27.6. The van der Waals surface area contributed by atoms with E-state index in [1.54, 1.807) is 0 Å². The minimum absolute atomic E-state index is 0. The van der Waals surface area contributed by atoms with Crippen LogP contribution >= 0.6 is 36.4 Å². The highest BCUT2D eigenvalue weighted by molar-refractivity contribution is 6.30. The van der Waals surface area contributed by atoms with Gasteiger partial charge in [0.25, 0.3) is 0 Å². The third-order valence-corrected chi connectivity index (χ3v) is 7.25. The Hall–Kier alpha value is -0.0300. The van der Waals surface area contributed by atoms with Gasteiger partial charge in [-0.3, -0.25) is 0 Å². The molecular formula is C23H39Cl3N2O. The van der Waals surface area contributed by atoms with E-state index in [0.717, 1.165) is 63.4 Å². The molecule has 1 aromatic rings. The Morgan fingerprint density at radius 2 is 1.69 bits per heavy atom. The number of halogens is 3. The summed E-state index contributed by atoms with van der Waals surface area (Å²) in [6, 6.07) is 8.17. The second kappa shape index (κ2) is 11.0. The molecule has 1 heterocycles. The van der Waals surface area contributed by atoms with Crippen molar-refractivity contribution in [3.63, 3.8) is 0 Å². The molecule has 3 nitrogen and oxygen atoms in total. The number of benzene rings is 1. The van der Waals surface area contributed by atoms with Crippen LogP contribution in [-0.2, 0) is 0 Å². The molecule has 1 unspecified atom stereocenters. The van der Waals surface area contributed by atoms with Crippen molar-refractivity contribution in [1.82, 2.24) is 9.80 Å². The van der Waals surface area contributed by atoms with E-state index in [1.165, 1.54) is 5.56 Å². The van der Waals surface area contributed by atoms with E-state index in [-0.39, 0.29) is 30.7 Å². The van der Waals surface area contributed by atoms with Gasteiger partial charge in [0, 0.05) is 43.7 Å². The first-order chi connectivity index (χ1) is 12.7. The maximum Gasteiger partial charge on any atom is 0.0728 e. The van der Waals surface area contributed by atoms with Crippen LogP contribution < -0.4 is 0 Å². The summed E-state index contributed by atoms with van der Waals surface area (Å²) in [5.74, 6) is 0.821. The zero-order chi connectivity index (χ0) is 19.7. The number of likely N-dealkylation sites (N-methyl/N-ethyl adjacent to an activating group) is 1. The van der Waals surface area contributed by atoms with Gasteiger partial charge in [-0.15, -0.1) is 24.8 Å². The lowest BCUT2D eigenvalue weighted by Crippen LogP contribution is -2.50. The average Bonchev–Trinajstić information content (AvgIpc) is 2.60. The first-order valence-corrected chi connectivity index (χ1v) is 10.9. The third kappa shape index (κ3) is 6.98. The van der Waals surface area contributed by atoms with Gasteiger partial charge in [0.15, 0.2) is 0 Å². The molecular weight excluding hydrogens is 427 g/mol. The lowest BCUT2D eigenvalue weighted by atomic mass is 9.64. The molecule has 6 heteroatoms. The predicted molar refractivity (Wildman–Crippen MR) is 129 cm³/mol. The van der Waals surface area contributed by atoms with Gasteiger partial charge >= 0.3 is 0 Å². The summed E-state index contributed by atoms with van der Waals surface area (Å²) < 4.78 is 0. The maximum atomic E-state index is 11.8. The molecule has 0 spiro atoms. The van der Waals surface area contributed by atoms with Crippen molar-refractivity contribution in [3.8, 4) is 0 Å². The Labute approximate surface area is 195 Å². The van der Waals surface area contributed by atoms with Crippen molar-refractivity contribution >= 4 is 36.4 Å². The van der Waals surface area contributed by atoms with E-state index >= 15 is 0 Å². The molecule has 1 saturated carbocycles. The smallest absolute Gasteiger partial charge is 0.0728 e. The maximum absolute atomic E-state index is 11.8. The Morgan fingerprint density at radius 1 is 1.10 bits per heavy atom. The van der Waals surface area contributed by atoms with Gasteiger partial charge in [0.1, 0.15) is 0 Å². The standard InChI is InChI=1S/C23H37ClN2O.2ClH/c1-22(2,3)19-8-10-23(27,11-9-19)21(18-6-5-7-20(24)16-18)17-26-14-12-25(4)13-15-26;;/h5-7,16,19,21,27H,8-15,17H2,1-4H3;2*1H. The Morgan fingerprint density at radius 3 is 2.21 bits per heavy atom. The summed E-state index contributed by atoms with van der Waals surface area (Å²) in [7, 11) is 2.19. The van der Waals surface area contributed by atoms with Crippen LogP contribution in [0.5, 0.6) is 0 Å².